The van der Waals surface area contributed by atoms with Crippen molar-refractivity contribution in [1.29, 1.82) is 0 Å². The van der Waals surface area contributed by atoms with Gasteiger partial charge in [-0.3, -0.25) is 4.79 Å². The van der Waals surface area contributed by atoms with Gasteiger partial charge in [-0.05, 0) is 6.08 Å². The van der Waals surface area contributed by atoms with Gasteiger partial charge in [0.05, 0.1) is 0 Å². The van der Waals surface area contributed by atoms with Gasteiger partial charge in [-0.2, -0.15) is 0 Å². The lowest BCUT2D eigenvalue weighted by Gasteiger charge is -2.07. The predicted molar refractivity (Wildman–Crippen MR) is 38.4 cm³/mol. The van der Waals surface area contributed by atoms with Gasteiger partial charge in [0.1, 0.15) is 6.10 Å². The third-order valence-corrected chi connectivity index (χ3v) is 1.34. The van der Waals surface area contributed by atoms with Crippen molar-refractivity contribution in [3.05, 3.63) is 36.5 Å². The topological polar surface area (TPSA) is 37.3 Å². The van der Waals surface area contributed by atoms with Crippen LogP contribution in [0.3, 0.4) is 0 Å². The molecule has 1 aliphatic rings. The first kappa shape index (κ1) is 6.96. The second-order valence-electron chi connectivity index (χ2n) is 2.02. The minimum absolute atomic E-state index is 0.280. The molecular formula is C8H8O2. The van der Waals surface area contributed by atoms with E-state index in [0.717, 1.165) is 0 Å². The number of carbonyl (C=O) groups is 1. The molecule has 0 spiro atoms. The summed E-state index contributed by atoms with van der Waals surface area (Å²) >= 11 is 0. The normalized spacial score (nSPS) is 24.3. The van der Waals surface area contributed by atoms with Crippen molar-refractivity contribution >= 4 is 5.78 Å². The fourth-order valence-corrected chi connectivity index (χ4v) is 0.773. The van der Waals surface area contributed by atoms with Gasteiger partial charge < -0.3 is 5.11 Å². The molecule has 0 aromatic rings. The van der Waals surface area contributed by atoms with Crippen molar-refractivity contribution in [2.75, 3.05) is 0 Å². The first-order chi connectivity index (χ1) is 4.75. The molecule has 0 aromatic heterocycles. The number of hydrogen-bond donors (Lipinski definition) is 1. The van der Waals surface area contributed by atoms with Crippen LogP contribution in [0.5, 0.6) is 0 Å². The molecule has 1 unspecified atom stereocenters. The Kier molecular flexibility index (Phi) is 1.83. The summed E-state index contributed by atoms with van der Waals surface area (Å²) in [5.74, 6) is -0.280. The summed E-state index contributed by atoms with van der Waals surface area (Å²) < 4.78 is 0. The Morgan fingerprint density at radius 1 is 1.70 bits per heavy atom. The number of allylic oxidation sites excluding steroid dienone is 3. The van der Waals surface area contributed by atoms with Crippen LogP contribution in [-0.2, 0) is 4.79 Å². The van der Waals surface area contributed by atoms with Crippen LogP contribution in [0.2, 0.25) is 0 Å². The first-order valence-corrected chi connectivity index (χ1v) is 2.99. The van der Waals surface area contributed by atoms with Crippen LogP contribution in [0, 0.1) is 0 Å². The van der Waals surface area contributed by atoms with Gasteiger partial charge in [0, 0.05) is 5.57 Å². The third kappa shape index (κ3) is 1.06. The molecule has 0 radical (unpaired) electrons. The highest BCUT2D eigenvalue weighted by atomic mass is 16.3. The molecule has 0 aromatic carbocycles. The molecule has 1 rings (SSSR count). The minimum atomic E-state index is -0.974. The molecule has 1 aliphatic carbocycles. The molecule has 0 saturated carbocycles. The Balaban J connectivity index is 2.92. The summed E-state index contributed by atoms with van der Waals surface area (Å²) in [6.07, 6.45) is 5.17. The minimum Gasteiger partial charge on any atom is -0.381 e. The smallest absolute Gasteiger partial charge is 0.195 e. The summed E-state index contributed by atoms with van der Waals surface area (Å²) in [6.45, 7) is 3.44. The lowest BCUT2D eigenvalue weighted by molar-refractivity contribution is -0.121. The highest BCUT2D eigenvalue weighted by Gasteiger charge is 2.16. The maximum Gasteiger partial charge on any atom is 0.195 e. The molecule has 0 bridgehead atoms. The predicted octanol–water partition coefficient (Wildman–Crippen LogP) is 0.599. The van der Waals surface area contributed by atoms with Gasteiger partial charge in [-0.1, -0.05) is 24.8 Å². The number of hydrogen-bond acceptors (Lipinski definition) is 2. The van der Waals surface area contributed by atoms with E-state index < -0.39 is 6.10 Å². The van der Waals surface area contributed by atoms with E-state index in [1.165, 1.54) is 12.2 Å². The maximum absolute atomic E-state index is 10.9. The van der Waals surface area contributed by atoms with Gasteiger partial charge in [-0.25, -0.2) is 0 Å². The van der Waals surface area contributed by atoms with Crippen LogP contribution >= 0.6 is 0 Å². The molecule has 0 heterocycles. The van der Waals surface area contributed by atoms with E-state index in [1.807, 2.05) is 0 Å². The van der Waals surface area contributed by atoms with E-state index in [4.69, 9.17) is 5.11 Å². The second-order valence-corrected chi connectivity index (χ2v) is 2.02. The summed E-state index contributed by atoms with van der Waals surface area (Å²) in [7, 11) is 0. The highest BCUT2D eigenvalue weighted by Crippen LogP contribution is 2.08. The Bertz CT molecular complexity index is 223. The summed E-state index contributed by atoms with van der Waals surface area (Å²) in [5, 5.41) is 8.95. The van der Waals surface area contributed by atoms with E-state index in [2.05, 4.69) is 6.58 Å². The molecular weight excluding hydrogens is 128 g/mol. The number of aliphatic hydroxyl groups excluding tert-OH is 1. The number of Topliss-reactive ketones (excluding diaryl/α,β-unsaturated/α-hetero) is 1. The van der Waals surface area contributed by atoms with Gasteiger partial charge >= 0.3 is 0 Å². The van der Waals surface area contributed by atoms with Crippen molar-refractivity contribution in [2.45, 2.75) is 6.10 Å². The molecule has 0 aliphatic heterocycles. The lowest BCUT2D eigenvalue weighted by Crippen LogP contribution is -2.20. The fourth-order valence-electron chi connectivity index (χ4n) is 0.773. The zero-order valence-electron chi connectivity index (χ0n) is 5.45. The zero-order valence-corrected chi connectivity index (χ0v) is 5.45. The number of rotatable bonds is 1. The van der Waals surface area contributed by atoms with Crippen molar-refractivity contribution in [1.82, 2.24) is 0 Å². The molecule has 1 N–H and O–H groups in total. The zero-order chi connectivity index (χ0) is 7.56. The summed E-state index contributed by atoms with van der Waals surface area (Å²) in [5.41, 5.74) is 0.468. The number of aliphatic hydroxyl groups is 1. The quantitative estimate of drug-likeness (QED) is 0.573. The van der Waals surface area contributed by atoms with Crippen LogP contribution in [-0.4, -0.2) is 17.0 Å². The Morgan fingerprint density at radius 3 is 2.90 bits per heavy atom. The highest BCUT2D eigenvalue weighted by molar-refractivity contribution is 6.03. The number of ketones is 1. The van der Waals surface area contributed by atoms with E-state index in [9.17, 15) is 4.79 Å². The van der Waals surface area contributed by atoms with Crippen molar-refractivity contribution in [3.8, 4) is 0 Å². The monoisotopic (exact) mass is 136 g/mol. The van der Waals surface area contributed by atoms with Crippen molar-refractivity contribution < 1.29 is 9.90 Å². The Labute approximate surface area is 59.2 Å². The molecule has 1 atom stereocenters. The molecule has 0 amide bonds. The van der Waals surface area contributed by atoms with Crippen molar-refractivity contribution in [3.63, 3.8) is 0 Å². The number of carbonyl (C=O) groups excluding carboxylic acids is 1. The largest absolute Gasteiger partial charge is 0.381 e. The average Bonchev–Trinajstić information content (AvgIpc) is 1.95. The van der Waals surface area contributed by atoms with Gasteiger partial charge in [0.2, 0.25) is 0 Å². The van der Waals surface area contributed by atoms with Gasteiger partial charge in [0.25, 0.3) is 0 Å². The van der Waals surface area contributed by atoms with Crippen LogP contribution < -0.4 is 0 Å². The van der Waals surface area contributed by atoms with E-state index in [0.29, 0.717) is 5.57 Å². The second kappa shape index (κ2) is 2.62. The SMILES string of the molecule is C=CC1=CC=CC(O)C1=O. The van der Waals surface area contributed by atoms with Crippen LogP contribution in [0.15, 0.2) is 36.5 Å². The Morgan fingerprint density at radius 2 is 2.40 bits per heavy atom. The maximum atomic E-state index is 10.9. The standard InChI is InChI=1S/C8H8O2/c1-2-6-4-3-5-7(9)8(6)10/h2-5,7,9H,1H2. The molecule has 52 valence electrons. The van der Waals surface area contributed by atoms with E-state index >= 15 is 0 Å². The molecule has 10 heavy (non-hydrogen) atoms. The molecule has 2 nitrogen and oxygen atoms in total. The third-order valence-electron chi connectivity index (χ3n) is 1.34. The van der Waals surface area contributed by atoms with Crippen LogP contribution in [0.4, 0.5) is 0 Å². The van der Waals surface area contributed by atoms with Gasteiger partial charge in [0.15, 0.2) is 5.78 Å². The first-order valence-electron chi connectivity index (χ1n) is 2.99. The van der Waals surface area contributed by atoms with Gasteiger partial charge in [-0.15, -0.1) is 0 Å². The average molecular weight is 136 g/mol. The summed E-state index contributed by atoms with van der Waals surface area (Å²) in [6, 6.07) is 0. The molecule has 2 heteroatoms. The Hall–Kier alpha value is -1.15. The molecule has 0 fully saturated rings. The molecule has 0 saturated heterocycles. The fraction of sp³-hybridized carbons (Fsp3) is 0.125. The van der Waals surface area contributed by atoms with Crippen LogP contribution in [0.1, 0.15) is 0 Å². The lowest BCUT2D eigenvalue weighted by atomic mass is 10.0. The van der Waals surface area contributed by atoms with Crippen molar-refractivity contribution in [2.24, 2.45) is 0 Å². The summed E-state index contributed by atoms with van der Waals surface area (Å²) in [4.78, 5) is 10.9. The van der Waals surface area contributed by atoms with E-state index in [1.54, 1.807) is 12.2 Å². The van der Waals surface area contributed by atoms with E-state index in [-0.39, 0.29) is 5.78 Å². The van der Waals surface area contributed by atoms with Crippen LogP contribution in [0.25, 0.3) is 0 Å².